The molecule has 0 aliphatic heterocycles. The van der Waals surface area contributed by atoms with Crippen LogP contribution in [0.25, 0.3) is 5.52 Å². The fraction of sp³-hybridized carbons (Fsp3) is 0.111. The lowest BCUT2D eigenvalue weighted by atomic mass is 10.3. The summed E-state index contributed by atoms with van der Waals surface area (Å²) in [5.41, 5.74) is 6.52. The van der Waals surface area contributed by atoms with E-state index in [2.05, 4.69) is 20.9 Å². The fourth-order valence-electron chi connectivity index (χ4n) is 1.45. The molecule has 2 heterocycles. The third-order valence-corrected chi connectivity index (χ3v) is 2.61. The Balaban J connectivity index is 2.70. The number of anilines is 1. The smallest absolute Gasteiger partial charge is 0.311 e. The Bertz CT molecular complexity index is 535. The third kappa shape index (κ3) is 1.68. The summed E-state index contributed by atoms with van der Waals surface area (Å²) in [7, 11) is 0. The Labute approximate surface area is 93.7 Å². The second-order valence-corrected chi connectivity index (χ2v) is 3.81. The highest BCUT2D eigenvalue weighted by atomic mass is 79.9. The molecule has 3 N–H and O–H groups in total. The van der Waals surface area contributed by atoms with Gasteiger partial charge in [0.05, 0.1) is 5.52 Å². The second-order valence-electron chi connectivity index (χ2n) is 3.06. The Morgan fingerprint density at radius 1 is 1.60 bits per heavy atom. The lowest BCUT2D eigenvalue weighted by Crippen LogP contribution is -2.07. The average Bonchev–Trinajstić information content (AvgIpc) is 2.44. The molecule has 78 valence electrons. The number of aliphatic carboxylic acids is 1. The Morgan fingerprint density at radius 2 is 2.33 bits per heavy atom. The maximum absolute atomic E-state index is 10.6. The van der Waals surface area contributed by atoms with E-state index < -0.39 is 5.97 Å². The number of hydrogen-bond acceptors (Lipinski definition) is 3. The zero-order valence-electron chi connectivity index (χ0n) is 7.64. The summed E-state index contributed by atoms with van der Waals surface area (Å²) in [5.74, 6) is -0.0397. The molecule has 0 spiro atoms. The van der Waals surface area contributed by atoms with Crippen molar-refractivity contribution in [2.24, 2.45) is 0 Å². The Kier molecular flexibility index (Phi) is 2.36. The number of carboxylic acids is 1. The van der Waals surface area contributed by atoms with Crippen LogP contribution in [0.5, 0.6) is 0 Å². The van der Waals surface area contributed by atoms with Gasteiger partial charge in [-0.2, -0.15) is 0 Å². The minimum absolute atomic E-state index is 0.152. The lowest BCUT2D eigenvalue weighted by Gasteiger charge is -2.02. The van der Waals surface area contributed by atoms with Crippen molar-refractivity contribution < 1.29 is 9.90 Å². The summed E-state index contributed by atoms with van der Waals surface area (Å²) >= 11 is 3.26. The number of nitrogens with two attached hydrogens (primary N) is 1. The van der Waals surface area contributed by atoms with Crippen molar-refractivity contribution in [1.82, 2.24) is 9.38 Å². The Hall–Kier alpha value is -1.56. The van der Waals surface area contributed by atoms with Gasteiger partial charge >= 0.3 is 5.97 Å². The Morgan fingerprint density at radius 3 is 3.00 bits per heavy atom. The molecule has 2 aromatic heterocycles. The van der Waals surface area contributed by atoms with Crippen molar-refractivity contribution in [2.75, 3.05) is 5.73 Å². The lowest BCUT2D eigenvalue weighted by molar-refractivity contribution is -0.136. The van der Waals surface area contributed by atoms with Crippen LogP contribution in [0.1, 0.15) is 5.82 Å². The van der Waals surface area contributed by atoms with Crippen LogP contribution in [0, 0.1) is 0 Å². The summed E-state index contributed by atoms with van der Waals surface area (Å²) in [6.07, 6.45) is -0.152. The van der Waals surface area contributed by atoms with E-state index in [9.17, 15) is 4.79 Å². The van der Waals surface area contributed by atoms with Crippen molar-refractivity contribution in [1.29, 1.82) is 0 Å². The number of nitrogens with zero attached hydrogens (tertiary/aromatic N) is 2. The van der Waals surface area contributed by atoms with E-state index in [1.807, 2.05) is 6.07 Å². The highest BCUT2D eigenvalue weighted by Crippen LogP contribution is 2.21. The molecule has 0 saturated heterocycles. The summed E-state index contributed by atoms with van der Waals surface area (Å²) in [5, 5.41) is 8.72. The van der Waals surface area contributed by atoms with Crippen molar-refractivity contribution in [3.05, 3.63) is 28.6 Å². The van der Waals surface area contributed by atoms with Crippen molar-refractivity contribution in [2.45, 2.75) is 6.42 Å². The standard InChI is InChI=1S/C9H8BrN3O2/c10-9-5-2-1-3-6(11)13(5)7(12-9)4-8(14)15/h1-3H,4,11H2,(H,14,15). The van der Waals surface area contributed by atoms with Gasteiger partial charge in [-0.15, -0.1) is 0 Å². The maximum Gasteiger partial charge on any atom is 0.311 e. The highest BCUT2D eigenvalue weighted by Gasteiger charge is 2.13. The zero-order chi connectivity index (χ0) is 11.0. The van der Waals surface area contributed by atoms with Gasteiger partial charge in [-0.05, 0) is 28.1 Å². The van der Waals surface area contributed by atoms with Gasteiger partial charge in [-0.3, -0.25) is 9.20 Å². The molecular weight excluding hydrogens is 262 g/mol. The highest BCUT2D eigenvalue weighted by molar-refractivity contribution is 9.10. The van der Waals surface area contributed by atoms with Crippen LogP contribution in [0.2, 0.25) is 0 Å². The number of pyridine rings is 1. The van der Waals surface area contributed by atoms with Crippen LogP contribution >= 0.6 is 15.9 Å². The van der Waals surface area contributed by atoms with Crippen LogP contribution in [0.15, 0.2) is 22.8 Å². The first-order chi connectivity index (χ1) is 7.09. The van der Waals surface area contributed by atoms with Gasteiger partial charge in [0.2, 0.25) is 0 Å². The number of rotatable bonds is 2. The minimum Gasteiger partial charge on any atom is -0.481 e. The zero-order valence-corrected chi connectivity index (χ0v) is 9.23. The first-order valence-corrected chi connectivity index (χ1v) is 5.02. The largest absolute Gasteiger partial charge is 0.481 e. The SMILES string of the molecule is Nc1cccc2c(Br)nc(CC(=O)O)n12. The molecular formula is C9H8BrN3O2. The van der Waals surface area contributed by atoms with E-state index in [-0.39, 0.29) is 6.42 Å². The number of halogens is 1. The average molecular weight is 270 g/mol. The van der Waals surface area contributed by atoms with Gasteiger partial charge in [0.25, 0.3) is 0 Å². The number of aromatic nitrogens is 2. The van der Waals surface area contributed by atoms with E-state index in [1.165, 1.54) is 0 Å². The number of fused-ring (bicyclic) bond motifs is 1. The van der Waals surface area contributed by atoms with Crippen LogP contribution in [-0.2, 0) is 11.2 Å². The number of hydrogen-bond donors (Lipinski definition) is 2. The minimum atomic E-state index is -0.933. The van der Waals surface area contributed by atoms with Gasteiger partial charge < -0.3 is 10.8 Å². The molecule has 0 fully saturated rings. The summed E-state index contributed by atoms with van der Waals surface area (Å²) in [6, 6.07) is 5.31. The van der Waals surface area contributed by atoms with Gasteiger partial charge in [-0.25, -0.2) is 4.98 Å². The molecule has 0 aromatic carbocycles. The van der Waals surface area contributed by atoms with Crippen molar-refractivity contribution >= 4 is 33.2 Å². The fourth-order valence-corrected chi connectivity index (χ4v) is 1.96. The molecule has 6 heteroatoms. The van der Waals surface area contributed by atoms with Crippen LogP contribution in [0.4, 0.5) is 5.82 Å². The normalized spacial score (nSPS) is 10.7. The molecule has 0 saturated carbocycles. The molecule has 2 rings (SSSR count). The van der Waals surface area contributed by atoms with Crippen LogP contribution in [-0.4, -0.2) is 20.5 Å². The number of carboxylic acid groups (broad SMARTS) is 1. The molecule has 0 radical (unpaired) electrons. The van der Waals surface area contributed by atoms with Gasteiger partial charge in [0.15, 0.2) is 0 Å². The van der Waals surface area contributed by atoms with E-state index in [0.717, 1.165) is 5.52 Å². The van der Waals surface area contributed by atoms with E-state index in [1.54, 1.807) is 16.5 Å². The molecule has 0 amide bonds. The number of imidazole rings is 1. The first kappa shape index (κ1) is 9.97. The molecule has 0 aliphatic carbocycles. The summed E-state index contributed by atoms with van der Waals surface area (Å²) < 4.78 is 2.23. The molecule has 0 unspecified atom stereocenters. The predicted molar refractivity (Wildman–Crippen MR) is 58.6 cm³/mol. The summed E-state index contributed by atoms with van der Waals surface area (Å²) in [6.45, 7) is 0. The molecule has 0 bridgehead atoms. The molecule has 5 nitrogen and oxygen atoms in total. The number of nitrogen functional groups attached to an aromatic ring is 1. The van der Waals surface area contributed by atoms with Gasteiger partial charge in [-0.1, -0.05) is 6.07 Å². The second kappa shape index (κ2) is 3.54. The van der Waals surface area contributed by atoms with Crippen LogP contribution < -0.4 is 5.73 Å². The topological polar surface area (TPSA) is 80.6 Å². The molecule has 2 aromatic rings. The first-order valence-electron chi connectivity index (χ1n) is 4.22. The third-order valence-electron chi connectivity index (χ3n) is 2.03. The van der Waals surface area contributed by atoms with Gasteiger partial charge in [0.1, 0.15) is 22.7 Å². The van der Waals surface area contributed by atoms with E-state index >= 15 is 0 Å². The quantitative estimate of drug-likeness (QED) is 0.862. The molecule has 0 aliphatic rings. The monoisotopic (exact) mass is 269 g/mol. The predicted octanol–water partition coefficient (Wildman–Crippen LogP) is 1.31. The number of carbonyl (C=O) groups is 1. The van der Waals surface area contributed by atoms with Crippen LogP contribution in [0.3, 0.4) is 0 Å². The van der Waals surface area contributed by atoms with E-state index in [4.69, 9.17) is 10.8 Å². The van der Waals surface area contributed by atoms with Crippen molar-refractivity contribution in [3.63, 3.8) is 0 Å². The molecule has 15 heavy (non-hydrogen) atoms. The summed E-state index contributed by atoms with van der Waals surface area (Å²) in [4.78, 5) is 14.7. The van der Waals surface area contributed by atoms with E-state index in [0.29, 0.717) is 16.2 Å². The maximum atomic E-state index is 10.6. The van der Waals surface area contributed by atoms with Crippen molar-refractivity contribution in [3.8, 4) is 0 Å². The molecule has 0 atom stereocenters. The van der Waals surface area contributed by atoms with Gasteiger partial charge in [0, 0.05) is 0 Å².